The number of nitrogens with zero attached hydrogens (tertiary/aromatic N) is 7. The molecule has 14 heteroatoms. The number of fused-ring (bicyclic) bond motifs is 1. The summed E-state index contributed by atoms with van der Waals surface area (Å²) in [5, 5.41) is 7.33. The fourth-order valence-electron chi connectivity index (χ4n) is 6.52. The van der Waals surface area contributed by atoms with Crippen LogP contribution < -0.4 is 16.0 Å². The van der Waals surface area contributed by atoms with E-state index in [2.05, 4.69) is 21.5 Å². The second kappa shape index (κ2) is 13.5. The molecule has 256 valence electrons. The van der Waals surface area contributed by atoms with Crippen LogP contribution in [0.2, 0.25) is 0 Å². The van der Waals surface area contributed by atoms with Gasteiger partial charge in [-0.25, -0.2) is 28.4 Å². The highest BCUT2D eigenvalue weighted by Gasteiger charge is 2.45. The minimum atomic E-state index is -1.25. The third kappa shape index (κ3) is 6.25. The fourth-order valence-corrected chi connectivity index (χ4v) is 6.52. The highest BCUT2D eigenvalue weighted by atomic mass is 19.1. The van der Waals surface area contributed by atoms with Gasteiger partial charge >= 0.3 is 12.1 Å². The second-order valence-electron chi connectivity index (χ2n) is 12.7. The van der Waals surface area contributed by atoms with E-state index in [9.17, 15) is 23.6 Å². The van der Waals surface area contributed by atoms with Crippen LogP contribution in [0.15, 0.2) is 60.9 Å². The Hall–Kier alpha value is -5.53. The van der Waals surface area contributed by atoms with E-state index >= 15 is 0 Å². The molecule has 0 saturated carbocycles. The SMILES string of the molecule is CCN(C)C(=O)N1CCC(c2cc(-c3ccc(NC(=O)C4CN(C(C)C)C(=O)N(c5ccccc5F)C4=O)cc3)c3c(N)ncnn23)CC1. The number of imide groups is 1. The molecule has 2 aromatic heterocycles. The number of nitrogen functional groups attached to an aromatic ring is 1. The number of nitrogens with two attached hydrogens (primary N) is 1. The van der Waals surface area contributed by atoms with Crippen LogP contribution in [0.5, 0.6) is 0 Å². The predicted octanol–water partition coefficient (Wildman–Crippen LogP) is 4.80. The highest BCUT2D eigenvalue weighted by molar-refractivity contribution is 6.23. The molecule has 4 heterocycles. The van der Waals surface area contributed by atoms with Crippen LogP contribution in [0.1, 0.15) is 45.2 Å². The molecule has 0 aliphatic carbocycles. The van der Waals surface area contributed by atoms with Crippen molar-refractivity contribution in [1.29, 1.82) is 0 Å². The lowest BCUT2D eigenvalue weighted by Gasteiger charge is -2.39. The number of hydrogen-bond donors (Lipinski definition) is 2. The maximum absolute atomic E-state index is 14.7. The van der Waals surface area contributed by atoms with Crippen molar-refractivity contribution in [3.05, 3.63) is 72.4 Å². The Bertz CT molecular complexity index is 1900. The average molecular weight is 670 g/mol. The van der Waals surface area contributed by atoms with Crippen LogP contribution in [0.4, 0.5) is 31.2 Å². The number of likely N-dealkylation sites (tertiary alicyclic amines) is 1. The molecule has 0 spiro atoms. The molecular formula is C35H40FN9O4. The van der Waals surface area contributed by atoms with Crippen molar-refractivity contribution in [3.63, 3.8) is 0 Å². The maximum atomic E-state index is 14.7. The number of piperidine rings is 1. The number of hydrogen-bond acceptors (Lipinski definition) is 7. The molecular weight excluding hydrogens is 629 g/mol. The first-order chi connectivity index (χ1) is 23.5. The molecule has 6 rings (SSSR count). The summed E-state index contributed by atoms with van der Waals surface area (Å²) < 4.78 is 16.5. The molecule has 2 saturated heterocycles. The summed E-state index contributed by atoms with van der Waals surface area (Å²) in [6.45, 7) is 7.28. The standard InChI is InChI=1S/C35H40FN9O4/c1-5-41(4)34(48)42-16-14-23(15-17-42)29-18-25(30-31(37)38-20-39-45(29)30)22-10-12-24(13-11-22)40-32(46)26-19-43(21(2)3)35(49)44(33(26)47)28-9-7-6-8-27(28)36/h6-13,18,20-21,23,26H,5,14-17,19H2,1-4H3,(H,40,46)(H2,37,38,39). The van der Waals surface area contributed by atoms with Gasteiger partial charge in [0.1, 0.15) is 23.6 Å². The van der Waals surface area contributed by atoms with Crippen molar-refractivity contribution in [3.8, 4) is 11.1 Å². The zero-order valence-corrected chi connectivity index (χ0v) is 28.0. The lowest BCUT2D eigenvalue weighted by atomic mass is 9.93. The van der Waals surface area contributed by atoms with Crippen molar-refractivity contribution >= 4 is 46.6 Å². The van der Waals surface area contributed by atoms with Gasteiger partial charge in [0.15, 0.2) is 5.82 Å². The number of para-hydroxylation sites is 1. The minimum absolute atomic E-state index is 0.0291. The number of rotatable bonds is 7. The zero-order chi connectivity index (χ0) is 35.0. The maximum Gasteiger partial charge on any atom is 0.331 e. The van der Waals surface area contributed by atoms with Crippen molar-refractivity contribution in [2.75, 3.05) is 49.2 Å². The molecule has 2 aliphatic heterocycles. The topological polar surface area (TPSA) is 149 Å². The molecule has 0 radical (unpaired) electrons. The van der Waals surface area contributed by atoms with E-state index < -0.39 is 29.6 Å². The van der Waals surface area contributed by atoms with Crippen LogP contribution in [-0.4, -0.2) is 92.4 Å². The lowest BCUT2D eigenvalue weighted by molar-refractivity contribution is -0.132. The summed E-state index contributed by atoms with van der Waals surface area (Å²) in [5.74, 6) is -2.92. The van der Waals surface area contributed by atoms with Crippen LogP contribution in [0.25, 0.3) is 16.6 Å². The Kier molecular flexibility index (Phi) is 9.22. The monoisotopic (exact) mass is 669 g/mol. The fraction of sp³-hybridized carbons (Fsp3) is 0.371. The summed E-state index contributed by atoms with van der Waals surface area (Å²) in [5.41, 5.74) is 9.89. The van der Waals surface area contributed by atoms with Crippen molar-refractivity contribution in [2.24, 2.45) is 5.92 Å². The number of nitrogens with one attached hydrogen (secondary N) is 1. The molecule has 0 bridgehead atoms. The Balaban J connectivity index is 1.22. The van der Waals surface area contributed by atoms with E-state index in [1.54, 1.807) is 37.9 Å². The third-order valence-corrected chi connectivity index (χ3v) is 9.43. The quantitative estimate of drug-likeness (QED) is 0.269. The van der Waals surface area contributed by atoms with Gasteiger partial charge in [0.25, 0.3) is 0 Å². The number of halogens is 1. The smallest absolute Gasteiger partial charge is 0.331 e. The van der Waals surface area contributed by atoms with Gasteiger partial charge in [0, 0.05) is 62.1 Å². The molecule has 1 atom stereocenters. The van der Waals surface area contributed by atoms with Crippen LogP contribution in [0.3, 0.4) is 0 Å². The summed E-state index contributed by atoms with van der Waals surface area (Å²) in [7, 11) is 1.80. The number of carbonyl (C=O) groups is 4. The highest BCUT2D eigenvalue weighted by Crippen LogP contribution is 2.37. The number of aromatic nitrogens is 3. The second-order valence-corrected chi connectivity index (χ2v) is 12.7. The lowest BCUT2D eigenvalue weighted by Crippen LogP contribution is -2.61. The van der Waals surface area contributed by atoms with Gasteiger partial charge < -0.3 is 25.8 Å². The van der Waals surface area contributed by atoms with E-state index in [1.807, 2.05) is 28.5 Å². The first kappa shape index (κ1) is 33.4. The first-order valence-electron chi connectivity index (χ1n) is 16.4. The van der Waals surface area contributed by atoms with Crippen LogP contribution >= 0.6 is 0 Å². The Morgan fingerprint density at radius 2 is 1.78 bits per heavy atom. The Labute approximate surface area is 283 Å². The van der Waals surface area contributed by atoms with E-state index in [-0.39, 0.29) is 30.2 Å². The van der Waals surface area contributed by atoms with E-state index in [0.29, 0.717) is 36.7 Å². The molecule has 2 aliphatic rings. The van der Waals surface area contributed by atoms with Gasteiger partial charge in [-0.2, -0.15) is 5.10 Å². The molecule has 1 unspecified atom stereocenters. The normalized spacial score (nSPS) is 17.3. The zero-order valence-electron chi connectivity index (χ0n) is 28.0. The molecule has 3 N–H and O–H groups in total. The average Bonchev–Trinajstić information content (AvgIpc) is 3.49. The molecule has 4 aromatic rings. The van der Waals surface area contributed by atoms with Crippen molar-refractivity contribution in [1.82, 2.24) is 29.3 Å². The number of urea groups is 2. The predicted molar refractivity (Wildman–Crippen MR) is 183 cm³/mol. The largest absolute Gasteiger partial charge is 0.382 e. The Morgan fingerprint density at radius 3 is 2.43 bits per heavy atom. The minimum Gasteiger partial charge on any atom is -0.382 e. The molecule has 13 nitrogen and oxygen atoms in total. The van der Waals surface area contributed by atoms with E-state index in [4.69, 9.17) is 5.73 Å². The van der Waals surface area contributed by atoms with Gasteiger partial charge in [-0.05, 0) is 69.5 Å². The summed E-state index contributed by atoms with van der Waals surface area (Å²) >= 11 is 0. The van der Waals surface area contributed by atoms with E-state index in [1.165, 1.54) is 29.4 Å². The summed E-state index contributed by atoms with van der Waals surface area (Å²) in [6.07, 6.45) is 2.98. The van der Waals surface area contributed by atoms with Crippen LogP contribution in [-0.2, 0) is 9.59 Å². The van der Waals surface area contributed by atoms with Crippen LogP contribution in [0, 0.1) is 11.7 Å². The Morgan fingerprint density at radius 1 is 1.08 bits per heavy atom. The van der Waals surface area contributed by atoms with Gasteiger partial charge in [-0.3, -0.25) is 9.59 Å². The first-order valence-corrected chi connectivity index (χ1v) is 16.4. The molecule has 49 heavy (non-hydrogen) atoms. The van der Waals surface area contributed by atoms with Gasteiger partial charge in [-0.15, -0.1) is 0 Å². The van der Waals surface area contributed by atoms with Gasteiger partial charge in [0.05, 0.1) is 5.69 Å². The molecule has 6 amide bonds. The van der Waals surface area contributed by atoms with Crippen molar-refractivity contribution in [2.45, 2.75) is 45.6 Å². The number of benzene rings is 2. The summed E-state index contributed by atoms with van der Waals surface area (Å²) in [4.78, 5) is 62.9. The van der Waals surface area contributed by atoms with E-state index in [0.717, 1.165) is 40.6 Å². The molecule has 2 fully saturated rings. The molecule has 2 aromatic carbocycles. The van der Waals surface area contributed by atoms with Gasteiger partial charge in [0.2, 0.25) is 11.8 Å². The summed E-state index contributed by atoms with van der Waals surface area (Å²) in [6, 6.07) is 13.7. The number of carbonyl (C=O) groups excluding carboxylic acids is 4. The number of amides is 6. The van der Waals surface area contributed by atoms with Crippen molar-refractivity contribution < 1.29 is 23.6 Å². The van der Waals surface area contributed by atoms with Gasteiger partial charge in [-0.1, -0.05) is 24.3 Å². The third-order valence-electron chi connectivity index (χ3n) is 9.43. The number of anilines is 3.